The first-order chi connectivity index (χ1) is 6.64. The molecule has 90 valence electrons. The van der Waals surface area contributed by atoms with E-state index < -0.39 is 23.3 Å². The number of carbonyl (C=O) groups excluding carboxylic acids is 1. The van der Waals surface area contributed by atoms with Crippen LogP contribution in [0.25, 0.3) is 0 Å². The van der Waals surface area contributed by atoms with Crippen molar-refractivity contribution in [2.75, 3.05) is 7.11 Å². The van der Waals surface area contributed by atoms with Gasteiger partial charge in [-0.3, -0.25) is 4.84 Å². The highest BCUT2D eigenvalue weighted by Crippen LogP contribution is 2.19. The molecule has 0 aromatic heterocycles. The van der Waals surface area contributed by atoms with E-state index in [1.165, 1.54) is 7.11 Å². The SMILES string of the molecule is COC(C)(C)C(ON)C(=O)OC(C)(C)C. The fourth-order valence-electron chi connectivity index (χ4n) is 0.966. The molecule has 0 aromatic rings. The summed E-state index contributed by atoms with van der Waals surface area (Å²) in [5.74, 6) is 4.54. The molecule has 0 aliphatic rings. The van der Waals surface area contributed by atoms with Crippen LogP contribution in [0.5, 0.6) is 0 Å². The number of hydrogen-bond acceptors (Lipinski definition) is 5. The highest BCUT2D eigenvalue weighted by Gasteiger charge is 2.39. The van der Waals surface area contributed by atoms with Crippen LogP contribution in [0.2, 0.25) is 0 Å². The molecular formula is C10H21NO4. The Labute approximate surface area is 90.8 Å². The van der Waals surface area contributed by atoms with Crippen LogP contribution in [0.15, 0.2) is 0 Å². The average Bonchev–Trinajstić information content (AvgIpc) is 2.01. The molecule has 0 fully saturated rings. The molecule has 0 amide bonds. The maximum absolute atomic E-state index is 11.7. The van der Waals surface area contributed by atoms with Crippen molar-refractivity contribution in [3.05, 3.63) is 0 Å². The molecule has 0 aromatic carbocycles. The van der Waals surface area contributed by atoms with Crippen molar-refractivity contribution in [1.82, 2.24) is 0 Å². The van der Waals surface area contributed by atoms with E-state index in [1.54, 1.807) is 34.6 Å². The van der Waals surface area contributed by atoms with E-state index >= 15 is 0 Å². The number of carbonyl (C=O) groups is 1. The van der Waals surface area contributed by atoms with Gasteiger partial charge in [0.1, 0.15) is 11.2 Å². The third kappa shape index (κ3) is 4.59. The minimum absolute atomic E-state index is 0.531. The quantitative estimate of drug-likeness (QED) is 0.564. The zero-order valence-corrected chi connectivity index (χ0v) is 10.3. The Morgan fingerprint density at radius 2 is 1.67 bits per heavy atom. The number of methoxy groups -OCH3 is 1. The van der Waals surface area contributed by atoms with Crippen molar-refractivity contribution in [1.29, 1.82) is 0 Å². The summed E-state index contributed by atoms with van der Waals surface area (Å²) in [5, 5.41) is 0. The predicted molar refractivity (Wildman–Crippen MR) is 56.0 cm³/mol. The van der Waals surface area contributed by atoms with Crippen LogP contribution in [-0.4, -0.2) is 30.4 Å². The molecule has 0 rings (SSSR count). The van der Waals surface area contributed by atoms with Gasteiger partial charge in [0.2, 0.25) is 6.10 Å². The maximum atomic E-state index is 11.7. The van der Waals surface area contributed by atoms with Crippen LogP contribution >= 0.6 is 0 Å². The molecule has 2 N–H and O–H groups in total. The summed E-state index contributed by atoms with van der Waals surface area (Å²) in [6.07, 6.45) is -0.943. The van der Waals surface area contributed by atoms with Crippen LogP contribution in [0, 0.1) is 0 Å². The Hall–Kier alpha value is -0.650. The number of esters is 1. The van der Waals surface area contributed by atoms with E-state index in [-0.39, 0.29) is 0 Å². The second-order valence-corrected chi connectivity index (χ2v) is 4.86. The third-order valence-corrected chi connectivity index (χ3v) is 1.91. The van der Waals surface area contributed by atoms with E-state index in [4.69, 9.17) is 15.4 Å². The molecule has 1 atom stereocenters. The van der Waals surface area contributed by atoms with Gasteiger partial charge in [-0.2, -0.15) is 0 Å². The summed E-state index contributed by atoms with van der Waals surface area (Å²) >= 11 is 0. The van der Waals surface area contributed by atoms with Gasteiger partial charge >= 0.3 is 5.97 Å². The minimum Gasteiger partial charge on any atom is -0.458 e. The third-order valence-electron chi connectivity index (χ3n) is 1.91. The summed E-state index contributed by atoms with van der Waals surface area (Å²) in [4.78, 5) is 16.3. The minimum atomic E-state index is -0.943. The van der Waals surface area contributed by atoms with E-state index in [0.717, 1.165) is 0 Å². The largest absolute Gasteiger partial charge is 0.458 e. The molecule has 0 saturated heterocycles. The van der Waals surface area contributed by atoms with Gasteiger partial charge in [0.05, 0.1) is 0 Å². The van der Waals surface area contributed by atoms with Gasteiger partial charge in [-0.1, -0.05) is 0 Å². The van der Waals surface area contributed by atoms with Crippen molar-refractivity contribution < 1.29 is 19.1 Å². The summed E-state index contributed by atoms with van der Waals surface area (Å²) in [7, 11) is 1.48. The maximum Gasteiger partial charge on any atom is 0.340 e. The summed E-state index contributed by atoms with van der Waals surface area (Å²) in [5.41, 5.74) is -1.39. The van der Waals surface area contributed by atoms with Crippen LogP contribution in [-0.2, 0) is 19.1 Å². The Bertz CT molecular complexity index is 220. The number of ether oxygens (including phenoxy) is 2. The average molecular weight is 219 g/mol. The van der Waals surface area contributed by atoms with Gasteiger partial charge in [0.15, 0.2) is 0 Å². The lowest BCUT2D eigenvalue weighted by atomic mass is 10.0. The summed E-state index contributed by atoms with van der Waals surface area (Å²) in [6.45, 7) is 8.73. The van der Waals surface area contributed by atoms with E-state index in [2.05, 4.69) is 4.84 Å². The Kier molecular flexibility index (Phi) is 4.70. The highest BCUT2D eigenvalue weighted by molar-refractivity contribution is 5.76. The topological polar surface area (TPSA) is 70.8 Å². The molecule has 0 aliphatic heterocycles. The summed E-state index contributed by atoms with van der Waals surface area (Å²) < 4.78 is 10.3. The molecule has 0 radical (unpaired) electrons. The Morgan fingerprint density at radius 3 is 1.93 bits per heavy atom. The van der Waals surface area contributed by atoms with Gasteiger partial charge < -0.3 is 9.47 Å². The van der Waals surface area contributed by atoms with E-state index in [9.17, 15) is 4.79 Å². The molecule has 15 heavy (non-hydrogen) atoms. The lowest BCUT2D eigenvalue weighted by Crippen LogP contribution is -2.49. The number of rotatable bonds is 4. The fraction of sp³-hybridized carbons (Fsp3) is 0.900. The van der Waals surface area contributed by atoms with Crippen molar-refractivity contribution in [3.8, 4) is 0 Å². The zero-order valence-electron chi connectivity index (χ0n) is 10.3. The normalized spacial score (nSPS) is 14.9. The number of nitrogens with two attached hydrogens (primary N) is 1. The number of hydrogen-bond donors (Lipinski definition) is 1. The second kappa shape index (κ2) is 4.92. The molecular weight excluding hydrogens is 198 g/mol. The molecule has 1 unspecified atom stereocenters. The van der Waals surface area contributed by atoms with Gasteiger partial charge in [0, 0.05) is 7.11 Å². The fourth-order valence-corrected chi connectivity index (χ4v) is 0.966. The molecule has 0 spiro atoms. The van der Waals surface area contributed by atoms with Gasteiger partial charge in [0.25, 0.3) is 0 Å². The first-order valence-electron chi connectivity index (χ1n) is 4.77. The lowest BCUT2D eigenvalue weighted by Gasteiger charge is -2.31. The Morgan fingerprint density at radius 1 is 1.20 bits per heavy atom. The van der Waals surface area contributed by atoms with Crippen LogP contribution < -0.4 is 5.90 Å². The highest BCUT2D eigenvalue weighted by atomic mass is 16.7. The summed E-state index contributed by atoms with van der Waals surface area (Å²) in [6, 6.07) is 0. The van der Waals surface area contributed by atoms with Crippen LogP contribution in [0.4, 0.5) is 0 Å². The Balaban J connectivity index is 4.63. The van der Waals surface area contributed by atoms with Crippen molar-refractivity contribution in [2.24, 2.45) is 5.90 Å². The van der Waals surface area contributed by atoms with Crippen molar-refractivity contribution in [2.45, 2.75) is 51.9 Å². The standard InChI is InChI=1S/C10H21NO4/c1-9(2,3)14-8(12)7(15-11)10(4,5)13-6/h7H,11H2,1-6H3. The lowest BCUT2D eigenvalue weighted by molar-refractivity contribution is -0.188. The molecule has 5 heteroatoms. The monoisotopic (exact) mass is 219 g/mol. The van der Waals surface area contributed by atoms with Gasteiger partial charge in [-0.25, -0.2) is 10.7 Å². The van der Waals surface area contributed by atoms with Crippen LogP contribution in [0.3, 0.4) is 0 Å². The van der Waals surface area contributed by atoms with E-state index in [0.29, 0.717) is 0 Å². The molecule has 5 nitrogen and oxygen atoms in total. The molecule has 0 saturated carbocycles. The van der Waals surface area contributed by atoms with E-state index in [1.807, 2.05) is 0 Å². The van der Waals surface area contributed by atoms with Crippen molar-refractivity contribution >= 4 is 5.97 Å². The molecule has 0 heterocycles. The van der Waals surface area contributed by atoms with Gasteiger partial charge in [-0.15, -0.1) is 0 Å². The molecule has 0 aliphatic carbocycles. The molecule has 0 bridgehead atoms. The zero-order chi connectivity index (χ0) is 12.3. The van der Waals surface area contributed by atoms with Crippen molar-refractivity contribution in [3.63, 3.8) is 0 Å². The predicted octanol–water partition coefficient (Wildman–Crippen LogP) is 1.01. The first kappa shape index (κ1) is 14.3. The second-order valence-electron chi connectivity index (χ2n) is 4.86. The first-order valence-corrected chi connectivity index (χ1v) is 4.77. The smallest absolute Gasteiger partial charge is 0.340 e. The van der Waals surface area contributed by atoms with Crippen LogP contribution in [0.1, 0.15) is 34.6 Å². The van der Waals surface area contributed by atoms with Gasteiger partial charge in [-0.05, 0) is 34.6 Å².